The number of hydrogen-bond donors (Lipinski definition) is 2. The summed E-state index contributed by atoms with van der Waals surface area (Å²) in [4.78, 5) is 12.0. The van der Waals surface area contributed by atoms with Crippen LogP contribution in [0.1, 0.15) is 20.8 Å². The lowest BCUT2D eigenvalue weighted by Crippen LogP contribution is -2.38. The van der Waals surface area contributed by atoms with E-state index in [1.54, 1.807) is 6.92 Å². The van der Waals surface area contributed by atoms with Crippen molar-refractivity contribution < 1.29 is 17.9 Å². The normalized spacial score (nSPS) is 12.5. The molecular formula is C19H21Cl3N2O4S. The van der Waals surface area contributed by atoms with Crippen molar-refractivity contribution in [2.75, 3.05) is 11.3 Å². The van der Waals surface area contributed by atoms with E-state index in [-0.39, 0.29) is 31.6 Å². The Morgan fingerprint density at radius 2 is 1.59 bits per heavy atom. The summed E-state index contributed by atoms with van der Waals surface area (Å²) >= 11 is 17.8. The van der Waals surface area contributed by atoms with Crippen molar-refractivity contribution in [2.45, 2.75) is 31.8 Å². The van der Waals surface area contributed by atoms with E-state index in [4.69, 9.17) is 39.5 Å². The fourth-order valence-corrected chi connectivity index (χ4v) is 3.93. The van der Waals surface area contributed by atoms with E-state index in [1.807, 2.05) is 13.8 Å². The van der Waals surface area contributed by atoms with Crippen molar-refractivity contribution in [3.8, 4) is 5.75 Å². The van der Waals surface area contributed by atoms with Crippen LogP contribution in [0.4, 0.5) is 5.69 Å². The summed E-state index contributed by atoms with van der Waals surface area (Å²) in [6, 6.07) is 8.35. The zero-order valence-electron chi connectivity index (χ0n) is 16.0. The summed E-state index contributed by atoms with van der Waals surface area (Å²) in [7, 11) is -3.92. The first kappa shape index (κ1) is 23.6. The van der Waals surface area contributed by atoms with E-state index in [0.717, 1.165) is 0 Å². The molecule has 0 radical (unpaired) electrons. The Balaban J connectivity index is 2.09. The first-order chi connectivity index (χ1) is 13.5. The monoisotopic (exact) mass is 478 g/mol. The Hall–Kier alpha value is -1.67. The van der Waals surface area contributed by atoms with Gasteiger partial charge in [-0.05, 0) is 49.2 Å². The van der Waals surface area contributed by atoms with Crippen LogP contribution in [0.25, 0.3) is 0 Å². The van der Waals surface area contributed by atoms with Crippen LogP contribution in [-0.4, -0.2) is 27.0 Å². The zero-order chi connectivity index (χ0) is 21.8. The average Bonchev–Trinajstić information content (AvgIpc) is 2.64. The summed E-state index contributed by atoms with van der Waals surface area (Å²) in [6.07, 6.45) is -0.718. The van der Waals surface area contributed by atoms with Crippen LogP contribution in [0.2, 0.25) is 15.1 Å². The maximum atomic E-state index is 12.6. The Morgan fingerprint density at radius 3 is 2.17 bits per heavy atom. The molecule has 0 unspecified atom stereocenters. The van der Waals surface area contributed by atoms with Crippen molar-refractivity contribution in [3.63, 3.8) is 0 Å². The first-order valence-electron chi connectivity index (χ1n) is 8.71. The lowest BCUT2D eigenvalue weighted by molar-refractivity contribution is -0.127. The molecule has 0 saturated carbocycles. The highest BCUT2D eigenvalue weighted by Crippen LogP contribution is 2.33. The highest BCUT2D eigenvalue weighted by atomic mass is 35.5. The van der Waals surface area contributed by atoms with E-state index in [1.165, 1.54) is 36.4 Å². The second-order valence-corrected chi connectivity index (χ2v) is 9.63. The molecule has 0 fully saturated rings. The lowest BCUT2D eigenvalue weighted by atomic mass is 10.2. The van der Waals surface area contributed by atoms with Gasteiger partial charge < -0.3 is 10.1 Å². The number of benzene rings is 2. The smallest absolute Gasteiger partial charge is 0.261 e. The van der Waals surface area contributed by atoms with E-state index in [0.29, 0.717) is 18.2 Å². The quantitative estimate of drug-likeness (QED) is 0.523. The molecule has 0 heterocycles. The van der Waals surface area contributed by atoms with E-state index < -0.39 is 16.1 Å². The minimum absolute atomic E-state index is 0.0103. The van der Waals surface area contributed by atoms with Gasteiger partial charge in [0.1, 0.15) is 5.75 Å². The minimum atomic E-state index is -3.92. The highest BCUT2D eigenvalue weighted by Gasteiger charge is 2.19. The number of carbonyl (C=O) groups is 1. The predicted molar refractivity (Wildman–Crippen MR) is 117 cm³/mol. The molecule has 1 atom stereocenters. The summed E-state index contributed by atoms with van der Waals surface area (Å²) in [5, 5.41) is 3.28. The number of carbonyl (C=O) groups excluding carboxylic acids is 1. The van der Waals surface area contributed by atoms with Gasteiger partial charge in [-0.2, -0.15) is 0 Å². The molecule has 2 aromatic carbocycles. The van der Waals surface area contributed by atoms with Gasteiger partial charge in [0.05, 0.1) is 25.7 Å². The second-order valence-electron chi connectivity index (χ2n) is 6.72. The van der Waals surface area contributed by atoms with E-state index >= 15 is 0 Å². The molecule has 0 spiro atoms. The summed E-state index contributed by atoms with van der Waals surface area (Å²) in [5.74, 6) is 0.446. The highest BCUT2D eigenvalue weighted by molar-refractivity contribution is 7.92. The second kappa shape index (κ2) is 9.89. The Bertz CT molecular complexity index is 980. The number of nitrogens with one attached hydrogen (secondary N) is 2. The number of sulfonamides is 1. The molecule has 158 valence electrons. The van der Waals surface area contributed by atoms with Gasteiger partial charge in [-0.25, -0.2) is 8.42 Å². The fourth-order valence-electron chi connectivity index (χ4n) is 2.21. The van der Waals surface area contributed by atoms with Gasteiger partial charge in [0.25, 0.3) is 15.9 Å². The fraction of sp³-hybridized carbons (Fsp3) is 0.316. The topological polar surface area (TPSA) is 84.5 Å². The number of halogens is 3. The number of hydrogen-bond acceptors (Lipinski definition) is 4. The molecule has 0 aliphatic heterocycles. The summed E-state index contributed by atoms with van der Waals surface area (Å²) < 4.78 is 33.1. The molecule has 2 aromatic rings. The van der Waals surface area contributed by atoms with Crippen LogP contribution in [0, 0.1) is 5.92 Å². The summed E-state index contributed by atoms with van der Waals surface area (Å²) in [6.45, 7) is 6.15. The molecule has 29 heavy (non-hydrogen) atoms. The number of rotatable bonds is 8. The molecule has 10 heteroatoms. The van der Waals surface area contributed by atoms with Crippen LogP contribution in [-0.2, 0) is 14.8 Å². The largest absolute Gasteiger partial charge is 0.481 e. The first-order valence-corrected chi connectivity index (χ1v) is 11.3. The third-order valence-electron chi connectivity index (χ3n) is 3.75. The van der Waals surface area contributed by atoms with Crippen molar-refractivity contribution in [2.24, 2.45) is 5.92 Å². The molecule has 2 rings (SSSR count). The summed E-state index contributed by atoms with van der Waals surface area (Å²) in [5.41, 5.74) is 0.108. The maximum absolute atomic E-state index is 12.6. The van der Waals surface area contributed by atoms with Gasteiger partial charge in [0.15, 0.2) is 6.10 Å². The van der Waals surface area contributed by atoms with Gasteiger partial charge >= 0.3 is 0 Å². The van der Waals surface area contributed by atoms with Crippen molar-refractivity contribution in [1.29, 1.82) is 0 Å². The average molecular weight is 480 g/mol. The van der Waals surface area contributed by atoms with Crippen LogP contribution >= 0.6 is 34.8 Å². The maximum Gasteiger partial charge on any atom is 0.261 e. The van der Waals surface area contributed by atoms with Crippen molar-refractivity contribution in [1.82, 2.24) is 5.32 Å². The van der Waals surface area contributed by atoms with Crippen LogP contribution in [0.5, 0.6) is 5.75 Å². The van der Waals surface area contributed by atoms with Gasteiger partial charge in [0.2, 0.25) is 0 Å². The molecule has 6 nitrogen and oxygen atoms in total. The third kappa shape index (κ3) is 6.67. The van der Waals surface area contributed by atoms with E-state index in [2.05, 4.69) is 10.0 Å². The predicted octanol–water partition coefficient (Wildman–Crippen LogP) is 4.99. The third-order valence-corrected chi connectivity index (χ3v) is 6.17. The minimum Gasteiger partial charge on any atom is -0.481 e. The van der Waals surface area contributed by atoms with Crippen molar-refractivity contribution in [3.05, 3.63) is 51.5 Å². The van der Waals surface area contributed by atoms with Crippen molar-refractivity contribution >= 4 is 56.4 Å². The molecule has 0 aliphatic carbocycles. The number of amides is 1. The van der Waals surface area contributed by atoms with Crippen LogP contribution < -0.4 is 14.8 Å². The molecule has 0 aliphatic rings. The molecule has 0 saturated heterocycles. The number of anilines is 1. The van der Waals surface area contributed by atoms with Gasteiger partial charge in [-0.3, -0.25) is 9.52 Å². The van der Waals surface area contributed by atoms with Gasteiger partial charge in [-0.1, -0.05) is 48.7 Å². The molecular weight excluding hydrogens is 459 g/mol. The van der Waals surface area contributed by atoms with Gasteiger partial charge in [-0.15, -0.1) is 0 Å². The van der Waals surface area contributed by atoms with E-state index in [9.17, 15) is 13.2 Å². The molecule has 1 amide bonds. The Morgan fingerprint density at radius 1 is 1.00 bits per heavy atom. The Kier molecular flexibility index (Phi) is 8.05. The standard InChI is InChI=1S/C19H21Cl3N2O4S/c1-11(2)10-23-19(25)12(3)28-13-4-6-14(7-5-13)29(26,27)24-18-9-16(21)15(20)8-17(18)22/h4-9,11-12,24H,10H2,1-3H3,(H,23,25)/t12-/m0/s1. The molecule has 2 N–H and O–H groups in total. The Labute approximate surface area is 185 Å². The van der Waals surface area contributed by atoms with Gasteiger partial charge in [0, 0.05) is 6.54 Å². The van der Waals surface area contributed by atoms with Crippen LogP contribution in [0.15, 0.2) is 41.3 Å². The molecule has 0 aromatic heterocycles. The van der Waals surface area contributed by atoms with Crippen LogP contribution in [0.3, 0.4) is 0 Å². The number of ether oxygens (including phenoxy) is 1. The molecule has 0 bridgehead atoms. The zero-order valence-corrected chi connectivity index (χ0v) is 19.1. The SMILES string of the molecule is CC(C)CNC(=O)[C@H](C)Oc1ccc(S(=O)(=O)Nc2cc(Cl)c(Cl)cc2Cl)cc1. The lowest BCUT2D eigenvalue weighted by Gasteiger charge is -2.16.